The Morgan fingerprint density at radius 1 is 1.12 bits per heavy atom. The van der Waals surface area contributed by atoms with Gasteiger partial charge in [-0.2, -0.15) is 0 Å². The van der Waals surface area contributed by atoms with E-state index in [9.17, 15) is 4.79 Å². The molecule has 0 atom stereocenters. The standard InChI is InChI=1S/C23H23ClN6O3/c1-14(2)29(13-20-25-27-22(33-20)18-7-5-6-8-19(18)24)23(31)21-15(3)30(28-26-21)16-9-11-17(32-4)12-10-16/h5-12,14H,13H2,1-4H3. The van der Waals surface area contributed by atoms with Crippen molar-refractivity contribution in [1.82, 2.24) is 30.1 Å². The van der Waals surface area contributed by atoms with Crippen molar-refractivity contribution in [3.63, 3.8) is 0 Å². The number of hydrogen-bond donors (Lipinski definition) is 0. The molecule has 0 fully saturated rings. The van der Waals surface area contributed by atoms with Gasteiger partial charge in [0.05, 0.1) is 35.6 Å². The molecule has 2 heterocycles. The number of rotatable bonds is 7. The molecule has 0 N–H and O–H groups in total. The Morgan fingerprint density at radius 3 is 2.52 bits per heavy atom. The Labute approximate surface area is 195 Å². The molecule has 0 aliphatic carbocycles. The van der Waals surface area contributed by atoms with Gasteiger partial charge in [-0.25, -0.2) is 4.68 Å². The van der Waals surface area contributed by atoms with Gasteiger partial charge in [-0.05, 0) is 57.2 Å². The fourth-order valence-corrected chi connectivity index (χ4v) is 3.54. The topological polar surface area (TPSA) is 99.2 Å². The summed E-state index contributed by atoms with van der Waals surface area (Å²) >= 11 is 6.23. The molecule has 0 aliphatic rings. The zero-order valence-electron chi connectivity index (χ0n) is 18.7. The molecule has 2 aromatic carbocycles. The number of ether oxygens (including phenoxy) is 1. The fraction of sp³-hybridized carbons (Fsp3) is 0.261. The number of halogens is 1. The summed E-state index contributed by atoms with van der Waals surface area (Å²) in [7, 11) is 1.60. The minimum atomic E-state index is -0.278. The summed E-state index contributed by atoms with van der Waals surface area (Å²) in [6, 6.07) is 14.4. The van der Waals surface area contributed by atoms with E-state index in [-0.39, 0.29) is 24.2 Å². The van der Waals surface area contributed by atoms with Crippen LogP contribution in [0.3, 0.4) is 0 Å². The second-order valence-corrected chi connectivity index (χ2v) is 8.05. The SMILES string of the molecule is COc1ccc(-n2nnc(C(=O)N(Cc3nnc(-c4ccccc4Cl)o3)C(C)C)c2C)cc1. The van der Waals surface area contributed by atoms with Crippen LogP contribution < -0.4 is 4.74 Å². The van der Waals surface area contributed by atoms with E-state index in [1.807, 2.05) is 50.2 Å². The lowest BCUT2D eigenvalue weighted by atomic mass is 10.2. The summed E-state index contributed by atoms with van der Waals surface area (Å²) in [5.41, 5.74) is 2.29. The number of carbonyl (C=O) groups excluding carboxylic acids is 1. The van der Waals surface area contributed by atoms with Crippen LogP contribution in [0, 0.1) is 6.92 Å². The Bertz CT molecular complexity index is 1270. The van der Waals surface area contributed by atoms with Crippen LogP contribution in [0.4, 0.5) is 0 Å². The first-order valence-corrected chi connectivity index (χ1v) is 10.7. The number of hydrogen-bond acceptors (Lipinski definition) is 7. The van der Waals surface area contributed by atoms with Crippen LogP contribution in [0.15, 0.2) is 52.9 Å². The van der Waals surface area contributed by atoms with E-state index >= 15 is 0 Å². The maximum Gasteiger partial charge on any atom is 0.277 e. The first kappa shape index (κ1) is 22.5. The van der Waals surface area contributed by atoms with Crippen molar-refractivity contribution in [2.75, 3.05) is 7.11 Å². The van der Waals surface area contributed by atoms with E-state index in [0.29, 0.717) is 28.1 Å². The molecular formula is C23H23ClN6O3. The van der Waals surface area contributed by atoms with Crippen molar-refractivity contribution >= 4 is 17.5 Å². The maximum absolute atomic E-state index is 13.4. The molecule has 4 rings (SSSR count). The van der Waals surface area contributed by atoms with Crippen LogP contribution in [-0.4, -0.2) is 49.1 Å². The normalized spacial score (nSPS) is 11.1. The van der Waals surface area contributed by atoms with Gasteiger partial charge in [0.1, 0.15) is 5.75 Å². The van der Waals surface area contributed by atoms with Crippen molar-refractivity contribution in [1.29, 1.82) is 0 Å². The third-order valence-corrected chi connectivity index (χ3v) is 5.50. The first-order chi connectivity index (χ1) is 15.9. The minimum absolute atomic E-state index is 0.128. The molecule has 0 radical (unpaired) electrons. The van der Waals surface area contributed by atoms with E-state index in [1.54, 1.807) is 35.7 Å². The lowest BCUT2D eigenvalue weighted by Crippen LogP contribution is -2.37. The Kier molecular flexibility index (Phi) is 6.41. The molecule has 0 saturated heterocycles. The largest absolute Gasteiger partial charge is 0.497 e. The predicted molar refractivity (Wildman–Crippen MR) is 122 cm³/mol. The van der Waals surface area contributed by atoms with Crippen LogP contribution in [0.2, 0.25) is 5.02 Å². The Hall–Kier alpha value is -3.72. The molecule has 2 aromatic heterocycles. The second-order valence-electron chi connectivity index (χ2n) is 7.64. The number of aromatic nitrogens is 5. The van der Waals surface area contributed by atoms with Crippen molar-refractivity contribution in [3.8, 4) is 22.9 Å². The number of methoxy groups -OCH3 is 1. The van der Waals surface area contributed by atoms with E-state index in [1.165, 1.54) is 0 Å². The monoisotopic (exact) mass is 466 g/mol. The van der Waals surface area contributed by atoms with E-state index in [0.717, 1.165) is 11.4 Å². The summed E-state index contributed by atoms with van der Waals surface area (Å²) < 4.78 is 12.6. The van der Waals surface area contributed by atoms with Gasteiger partial charge in [0, 0.05) is 6.04 Å². The van der Waals surface area contributed by atoms with Crippen molar-refractivity contribution in [3.05, 3.63) is 70.8 Å². The molecule has 0 aliphatic heterocycles. The highest BCUT2D eigenvalue weighted by atomic mass is 35.5. The lowest BCUT2D eigenvalue weighted by Gasteiger charge is -2.24. The van der Waals surface area contributed by atoms with Crippen LogP contribution in [0.25, 0.3) is 17.1 Å². The van der Waals surface area contributed by atoms with E-state index in [2.05, 4.69) is 20.5 Å². The van der Waals surface area contributed by atoms with Crippen LogP contribution in [-0.2, 0) is 6.54 Å². The van der Waals surface area contributed by atoms with Gasteiger partial charge in [0.15, 0.2) is 5.69 Å². The number of amides is 1. The van der Waals surface area contributed by atoms with Crippen LogP contribution in [0.5, 0.6) is 5.75 Å². The molecular weight excluding hydrogens is 444 g/mol. The van der Waals surface area contributed by atoms with Gasteiger partial charge in [0.2, 0.25) is 11.8 Å². The fourth-order valence-electron chi connectivity index (χ4n) is 3.33. The van der Waals surface area contributed by atoms with E-state index < -0.39 is 0 Å². The summed E-state index contributed by atoms with van der Waals surface area (Å²) in [4.78, 5) is 15.0. The zero-order valence-corrected chi connectivity index (χ0v) is 19.4. The number of benzene rings is 2. The average molecular weight is 467 g/mol. The minimum Gasteiger partial charge on any atom is -0.497 e. The maximum atomic E-state index is 13.4. The summed E-state index contributed by atoms with van der Waals surface area (Å²) in [5, 5.41) is 17.0. The molecule has 1 amide bonds. The first-order valence-electron chi connectivity index (χ1n) is 10.3. The number of nitrogens with zero attached hydrogens (tertiary/aromatic N) is 6. The van der Waals surface area contributed by atoms with Crippen molar-refractivity contribution < 1.29 is 13.9 Å². The Balaban J connectivity index is 1.57. The molecule has 0 spiro atoms. The molecule has 9 nitrogen and oxygen atoms in total. The third kappa shape index (κ3) is 4.58. The molecule has 33 heavy (non-hydrogen) atoms. The highest BCUT2D eigenvalue weighted by Gasteiger charge is 2.27. The quantitative estimate of drug-likeness (QED) is 0.399. The summed E-state index contributed by atoms with van der Waals surface area (Å²) in [6.07, 6.45) is 0. The van der Waals surface area contributed by atoms with Crippen LogP contribution in [0.1, 0.15) is 35.9 Å². The smallest absolute Gasteiger partial charge is 0.277 e. The number of carbonyl (C=O) groups is 1. The van der Waals surface area contributed by atoms with Gasteiger partial charge >= 0.3 is 0 Å². The van der Waals surface area contributed by atoms with Crippen LogP contribution >= 0.6 is 11.6 Å². The summed E-state index contributed by atoms with van der Waals surface area (Å²) in [5.74, 6) is 1.05. The molecule has 170 valence electrons. The lowest BCUT2D eigenvalue weighted by molar-refractivity contribution is 0.0665. The molecule has 0 unspecified atom stereocenters. The molecule has 4 aromatic rings. The zero-order chi connectivity index (χ0) is 23.5. The molecule has 0 bridgehead atoms. The molecule has 10 heteroatoms. The van der Waals surface area contributed by atoms with Gasteiger partial charge < -0.3 is 14.1 Å². The van der Waals surface area contributed by atoms with E-state index in [4.69, 9.17) is 20.8 Å². The van der Waals surface area contributed by atoms with Gasteiger partial charge in [-0.1, -0.05) is 28.9 Å². The van der Waals surface area contributed by atoms with Crippen molar-refractivity contribution in [2.45, 2.75) is 33.4 Å². The highest BCUT2D eigenvalue weighted by molar-refractivity contribution is 6.33. The van der Waals surface area contributed by atoms with Gasteiger partial charge in [-0.3, -0.25) is 4.79 Å². The average Bonchev–Trinajstić information content (AvgIpc) is 3.44. The Morgan fingerprint density at radius 2 is 1.85 bits per heavy atom. The van der Waals surface area contributed by atoms with Gasteiger partial charge in [0.25, 0.3) is 5.91 Å². The predicted octanol–water partition coefficient (Wildman–Crippen LogP) is 4.34. The summed E-state index contributed by atoms with van der Waals surface area (Å²) in [6.45, 7) is 5.75. The second kappa shape index (κ2) is 9.41. The highest BCUT2D eigenvalue weighted by Crippen LogP contribution is 2.27. The van der Waals surface area contributed by atoms with Crippen molar-refractivity contribution in [2.24, 2.45) is 0 Å². The third-order valence-electron chi connectivity index (χ3n) is 5.18. The van der Waals surface area contributed by atoms with Gasteiger partial charge in [-0.15, -0.1) is 15.3 Å². The molecule has 0 saturated carbocycles.